The smallest absolute Gasteiger partial charge is 0.289 e. The van der Waals surface area contributed by atoms with Crippen molar-refractivity contribution in [3.63, 3.8) is 0 Å². The van der Waals surface area contributed by atoms with E-state index in [1.807, 2.05) is 20.8 Å². The average Bonchev–Trinajstić information content (AvgIpc) is 2.83. The summed E-state index contributed by atoms with van der Waals surface area (Å²) < 4.78 is 5.62. The fourth-order valence-corrected chi connectivity index (χ4v) is 3.13. The summed E-state index contributed by atoms with van der Waals surface area (Å²) in [5.74, 6) is 1.84. The van der Waals surface area contributed by atoms with E-state index in [1.54, 1.807) is 0 Å². The molecule has 1 amide bonds. The lowest BCUT2D eigenvalue weighted by Crippen LogP contribution is -2.39. The Labute approximate surface area is 133 Å². The number of rotatable bonds is 5. The Morgan fingerprint density at radius 2 is 1.95 bits per heavy atom. The van der Waals surface area contributed by atoms with Crippen LogP contribution < -0.4 is 5.32 Å². The highest BCUT2D eigenvalue weighted by Crippen LogP contribution is 2.25. The molecule has 5 heteroatoms. The number of oxazole rings is 1. The van der Waals surface area contributed by atoms with Gasteiger partial charge in [0.25, 0.3) is 5.91 Å². The van der Waals surface area contributed by atoms with Crippen LogP contribution in [0.15, 0.2) is 4.42 Å². The van der Waals surface area contributed by atoms with Crippen LogP contribution >= 0.6 is 0 Å². The zero-order valence-electron chi connectivity index (χ0n) is 14.5. The summed E-state index contributed by atoms with van der Waals surface area (Å²) in [6.45, 7) is 7.00. The van der Waals surface area contributed by atoms with Gasteiger partial charge in [0.15, 0.2) is 5.89 Å². The fraction of sp³-hybridized carbons (Fsp3) is 0.765. The SMILES string of the molecule is Cc1nc(C(C)C)oc1C(=O)NC1CCC(CN(C)C)CC1. The lowest BCUT2D eigenvalue weighted by Gasteiger charge is -2.30. The second kappa shape index (κ2) is 7.27. The van der Waals surface area contributed by atoms with Crippen molar-refractivity contribution in [2.24, 2.45) is 5.92 Å². The van der Waals surface area contributed by atoms with Crippen molar-refractivity contribution in [2.45, 2.75) is 58.4 Å². The summed E-state index contributed by atoms with van der Waals surface area (Å²) in [6, 6.07) is 0.262. The van der Waals surface area contributed by atoms with Gasteiger partial charge in [0.05, 0.1) is 5.69 Å². The number of aromatic nitrogens is 1. The van der Waals surface area contributed by atoms with Crippen LogP contribution in [0.4, 0.5) is 0 Å². The van der Waals surface area contributed by atoms with Crippen molar-refractivity contribution in [1.82, 2.24) is 15.2 Å². The van der Waals surface area contributed by atoms with Gasteiger partial charge in [-0.05, 0) is 52.6 Å². The van der Waals surface area contributed by atoms with E-state index < -0.39 is 0 Å². The number of amides is 1. The fourth-order valence-electron chi connectivity index (χ4n) is 3.13. The quantitative estimate of drug-likeness (QED) is 0.908. The number of carbonyl (C=O) groups excluding carboxylic acids is 1. The summed E-state index contributed by atoms with van der Waals surface area (Å²) in [4.78, 5) is 19.0. The van der Waals surface area contributed by atoms with Crippen LogP contribution in [0.2, 0.25) is 0 Å². The van der Waals surface area contributed by atoms with Gasteiger partial charge in [-0.15, -0.1) is 0 Å². The van der Waals surface area contributed by atoms with Gasteiger partial charge < -0.3 is 14.6 Å². The van der Waals surface area contributed by atoms with Crippen molar-refractivity contribution in [2.75, 3.05) is 20.6 Å². The molecule has 124 valence electrons. The molecule has 1 aromatic rings. The predicted molar refractivity (Wildman–Crippen MR) is 87.1 cm³/mol. The molecule has 0 bridgehead atoms. The highest BCUT2D eigenvalue weighted by atomic mass is 16.4. The van der Waals surface area contributed by atoms with Crippen molar-refractivity contribution < 1.29 is 9.21 Å². The third-order valence-electron chi connectivity index (χ3n) is 4.32. The number of hydrogen-bond acceptors (Lipinski definition) is 4. The topological polar surface area (TPSA) is 58.4 Å². The van der Waals surface area contributed by atoms with Gasteiger partial charge >= 0.3 is 0 Å². The average molecular weight is 307 g/mol. The molecule has 2 rings (SSSR count). The van der Waals surface area contributed by atoms with E-state index in [4.69, 9.17) is 4.42 Å². The van der Waals surface area contributed by atoms with Crippen LogP contribution in [0.25, 0.3) is 0 Å². The number of nitrogens with zero attached hydrogens (tertiary/aromatic N) is 2. The molecule has 0 radical (unpaired) electrons. The molecule has 1 heterocycles. The second-order valence-electron chi connectivity index (χ2n) is 7.07. The molecule has 1 N–H and O–H groups in total. The van der Waals surface area contributed by atoms with Gasteiger partial charge in [0, 0.05) is 18.5 Å². The Morgan fingerprint density at radius 1 is 1.32 bits per heavy atom. The standard InChI is InChI=1S/C17H29N3O2/c1-11(2)17-18-12(3)15(22-17)16(21)19-14-8-6-13(7-9-14)10-20(4)5/h11,13-14H,6-10H2,1-5H3,(H,19,21). The predicted octanol–water partition coefficient (Wildman–Crippen LogP) is 2.96. The van der Waals surface area contributed by atoms with E-state index in [9.17, 15) is 4.79 Å². The molecule has 1 aliphatic carbocycles. The molecule has 22 heavy (non-hydrogen) atoms. The Bertz CT molecular complexity index is 500. The molecule has 0 spiro atoms. The van der Waals surface area contributed by atoms with E-state index in [2.05, 4.69) is 29.3 Å². The van der Waals surface area contributed by atoms with E-state index >= 15 is 0 Å². The summed E-state index contributed by atoms with van der Waals surface area (Å²) in [5.41, 5.74) is 0.683. The first-order valence-corrected chi connectivity index (χ1v) is 8.29. The van der Waals surface area contributed by atoms with E-state index in [1.165, 1.54) is 12.8 Å². The zero-order chi connectivity index (χ0) is 16.3. The third-order valence-corrected chi connectivity index (χ3v) is 4.32. The van der Waals surface area contributed by atoms with E-state index in [-0.39, 0.29) is 17.9 Å². The second-order valence-corrected chi connectivity index (χ2v) is 7.07. The first-order chi connectivity index (χ1) is 10.4. The van der Waals surface area contributed by atoms with Crippen LogP contribution in [0, 0.1) is 12.8 Å². The maximum Gasteiger partial charge on any atom is 0.289 e. The molecule has 0 aliphatic heterocycles. The molecule has 1 aromatic heterocycles. The van der Waals surface area contributed by atoms with Gasteiger partial charge in [0.2, 0.25) is 5.76 Å². The zero-order valence-corrected chi connectivity index (χ0v) is 14.5. The molecule has 1 saturated carbocycles. The Balaban J connectivity index is 1.88. The summed E-state index contributed by atoms with van der Waals surface area (Å²) in [7, 11) is 4.24. The largest absolute Gasteiger partial charge is 0.435 e. The van der Waals surface area contributed by atoms with Crippen molar-refractivity contribution in [1.29, 1.82) is 0 Å². The summed E-state index contributed by atoms with van der Waals surface area (Å²) in [5, 5.41) is 3.12. The molecule has 1 aliphatic rings. The lowest BCUT2D eigenvalue weighted by atomic mass is 9.85. The minimum atomic E-state index is -0.118. The Kier molecular flexibility index (Phi) is 5.62. The maximum absolute atomic E-state index is 12.4. The highest BCUT2D eigenvalue weighted by Gasteiger charge is 2.25. The van der Waals surface area contributed by atoms with Gasteiger partial charge in [-0.2, -0.15) is 0 Å². The lowest BCUT2D eigenvalue weighted by molar-refractivity contribution is 0.0888. The minimum Gasteiger partial charge on any atom is -0.435 e. The molecule has 0 atom stereocenters. The van der Waals surface area contributed by atoms with Gasteiger partial charge in [-0.3, -0.25) is 4.79 Å². The van der Waals surface area contributed by atoms with Crippen LogP contribution in [0.3, 0.4) is 0 Å². The van der Waals surface area contributed by atoms with Gasteiger partial charge in [-0.1, -0.05) is 13.8 Å². The summed E-state index contributed by atoms with van der Waals surface area (Å²) >= 11 is 0. The number of nitrogens with one attached hydrogen (secondary N) is 1. The number of carbonyl (C=O) groups is 1. The third kappa shape index (κ3) is 4.32. The molecule has 0 saturated heterocycles. The minimum absolute atomic E-state index is 0.118. The van der Waals surface area contributed by atoms with Crippen molar-refractivity contribution in [3.05, 3.63) is 17.3 Å². The first-order valence-electron chi connectivity index (χ1n) is 8.29. The molecule has 5 nitrogen and oxygen atoms in total. The molecular weight excluding hydrogens is 278 g/mol. The van der Waals surface area contributed by atoms with Crippen LogP contribution in [0.5, 0.6) is 0 Å². The van der Waals surface area contributed by atoms with Gasteiger partial charge in [-0.25, -0.2) is 4.98 Å². The number of hydrogen-bond donors (Lipinski definition) is 1. The van der Waals surface area contributed by atoms with Crippen molar-refractivity contribution >= 4 is 5.91 Å². The Hall–Kier alpha value is -1.36. The normalized spacial score (nSPS) is 22.3. The maximum atomic E-state index is 12.4. The molecule has 0 aromatic carbocycles. The van der Waals surface area contributed by atoms with Crippen LogP contribution in [-0.2, 0) is 0 Å². The number of aryl methyl sites for hydroxylation is 1. The molecule has 0 unspecified atom stereocenters. The summed E-state index contributed by atoms with van der Waals surface area (Å²) in [6.07, 6.45) is 4.45. The molecular formula is C17H29N3O2. The monoisotopic (exact) mass is 307 g/mol. The van der Waals surface area contributed by atoms with E-state index in [0.29, 0.717) is 17.3 Å². The first kappa shape index (κ1) is 17.0. The highest BCUT2D eigenvalue weighted by molar-refractivity contribution is 5.92. The van der Waals surface area contributed by atoms with Crippen molar-refractivity contribution in [3.8, 4) is 0 Å². The van der Waals surface area contributed by atoms with Crippen LogP contribution in [-0.4, -0.2) is 42.5 Å². The Morgan fingerprint density at radius 3 is 2.45 bits per heavy atom. The van der Waals surface area contributed by atoms with Gasteiger partial charge in [0.1, 0.15) is 0 Å². The van der Waals surface area contributed by atoms with Crippen LogP contribution in [0.1, 0.15) is 67.6 Å². The molecule has 1 fully saturated rings. The van der Waals surface area contributed by atoms with E-state index in [0.717, 1.165) is 25.3 Å².